The summed E-state index contributed by atoms with van der Waals surface area (Å²) in [6.45, 7) is 7.18. The third kappa shape index (κ3) is 2.89. The molecule has 1 aromatic rings. The van der Waals surface area contributed by atoms with Gasteiger partial charge in [-0.15, -0.1) is 11.3 Å². The summed E-state index contributed by atoms with van der Waals surface area (Å²) in [5, 5.41) is 2.78. The van der Waals surface area contributed by atoms with Gasteiger partial charge in [0.25, 0.3) is 5.91 Å². The van der Waals surface area contributed by atoms with Crippen molar-refractivity contribution in [3.05, 3.63) is 16.1 Å². The molecule has 2 aliphatic rings. The maximum absolute atomic E-state index is 12.5. The average molecular weight is 321 g/mol. The minimum atomic E-state index is 0.0541. The van der Waals surface area contributed by atoms with Gasteiger partial charge in [0.15, 0.2) is 0 Å². The second-order valence-corrected chi connectivity index (χ2v) is 7.51. The monoisotopic (exact) mass is 321 g/mol. The van der Waals surface area contributed by atoms with Crippen LogP contribution in [0, 0.1) is 12.3 Å². The standard InChI is InChI=1S/C16H23N3O2S/c1-3-18-11-16(5-4-14(18)20)6-8-19(9-7-16)15(21)13-10-22-12(2)17-13/h10H,3-9,11H2,1-2H3. The lowest BCUT2D eigenvalue weighted by molar-refractivity contribution is -0.138. The van der Waals surface area contributed by atoms with E-state index in [-0.39, 0.29) is 17.2 Å². The van der Waals surface area contributed by atoms with Crippen LogP contribution in [-0.2, 0) is 4.79 Å². The molecule has 0 saturated carbocycles. The summed E-state index contributed by atoms with van der Waals surface area (Å²) in [6, 6.07) is 0. The first-order valence-electron chi connectivity index (χ1n) is 8.02. The predicted octanol–water partition coefficient (Wildman–Crippen LogP) is 2.32. The Hall–Kier alpha value is -1.43. The molecule has 3 heterocycles. The molecule has 0 unspecified atom stereocenters. The SMILES string of the molecule is CCN1CC2(CCC1=O)CCN(C(=O)c1csc(C)n1)CC2. The molecule has 2 fully saturated rings. The van der Waals surface area contributed by atoms with Gasteiger partial charge < -0.3 is 9.80 Å². The molecule has 2 amide bonds. The zero-order valence-corrected chi connectivity index (χ0v) is 14.1. The second-order valence-electron chi connectivity index (χ2n) is 6.45. The van der Waals surface area contributed by atoms with E-state index in [2.05, 4.69) is 4.98 Å². The number of rotatable bonds is 2. The molecule has 2 saturated heterocycles. The van der Waals surface area contributed by atoms with Gasteiger partial charge in [0, 0.05) is 38.0 Å². The quantitative estimate of drug-likeness (QED) is 0.840. The van der Waals surface area contributed by atoms with E-state index < -0.39 is 0 Å². The number of aromatic nitrogens is 1. The molecule has 1 spiro atoms. The Kier molecular flexibility index (Phi) is 4.21. The van der Waals surface area contributed by atoms with Gasteiger partial charge in [-0.1, -0.05) is 0 Å². The fraction of sp³-hybridized carbons (Fsp3) is 0.688. The molecule has 22 heavy (non-hydrogen) atoms. The first-order chi connectivity index (χ1) is 10.5. The van der Waals surface area contributed by atoms with Gasteiger partial charge in [-0.3, -0.25) is 9.59 Å². The van der Waals surface area contributed by atoms with Gasteiger partial charge in [0.2, 0.25) is 5.91 Å². The van der Waals surface area contributed by atoms with Crippen molar-refractivity contribution in [3.63, 3.8) is 0 Å². The summed E-state index contributed by atoms with van der Waals surface area (Å²) in [5.41, 5.74) is 0.797. The fourth-order valence-electron chi connectivity index (χ4n) is 3.61. The van der Waals surface area contributed by atoms with Crippen LogP contribution in [0.4, 0.5) is 0 Å². The van der Waals surface area contributed by atoms with Crippen molar-refractivity contribution in [2.75, 3.05) is 26.2 Å². The van der Waals surface area contributed by atoms with Crippen LogP contribution < -0.4 is 0 Å². The fourth-order valence-corrected chi connectivity index (χ4v) is 4.19. The smallest absolute Gasteiger partial charge is 0.273 e. The molecule has 5 nitrogen and oxygen atoms in total. The van der Waals surface area contributed by atoms with Crippen LogP contribution in [0.1, 0.15) is 48.1 Å². The molecule has 0 bridgehead atoms. The van der Waals surface area contributed by atoms with Crippen LogP contribution >= 0.6 is 11.3 Å². The molecule has 0 N–H and O–H groups in total. The maximum Gasteiger partial charge on any atom is 0.273 e. The van der Waals surface area contributed by atoms with Crippen LogP contribution in [0.25, 0.3) is 0 Å². The van der Waals surface area contributed by atoms with E-state index in [1.807, 2.05) is 29.0 Å². The Morgan fingerprint density at radius 3 is 2.68 bits per heavy atom. The number of hydrogen-bond donors (Lipinski definition) is 0. The molecular weight excluding hydrogens is 298 g/mol. The van der Waals surface area contributed by atoms with Crippen molar-refractivity contribution in [2.45, 2.75) is 39.5 Å². The molecule has 0 atom stereocenters. The van der Waals surface area contributed by atoms with Crippen LogP contribution in [-0.4, -0.2) is 52.8 Å². The van der Waals surface area contributed by atoms with Gasteiger partial charge in [-0.2, -0.15) is 0 Å². The zero-order chi connectivity index (χ0) is 15.7. The minimum absolute atomic E-state index is 0.0541. The Balaban J connectivity index is 1.62. The number of nitrogens with zero attached hydrogens (tertiary/aromatic N) is 3. The first-order valence-corrected chi connectivity index (χ1v) is 8.90. The van der Waals surface area contributed by atoms with E-state index >= 15 is 0 Å². The van der Waals surface area contributed by atoms with Crippen molar-refractivity contribution >= 4 is 23.2 Å². The Labute approximate surface area is 135 Å². The molecule has 0 aliphatic carbocycles. The third-order valence-electron chi connectivity index (χ3n) is 5.08. The van der Waals surface area contributed by atoms with E-state index in [1.165, 1.54) is 11.3 Å². The number of carbonyl (C=O) groups is 2. The van der Waals surface area contributed by atoms with Gasteiger partial charge in [0.05, 0.1) is 5.01 Å². The van der Waals surface area contributed by atoms with Gasteiger partial charge in [0.1, 0.15) is 5.69 Å². The predicted molar refractivity (Wildman–Crippen MR) is 85.9 cm³/mol. The normalized spacial score (nSPS) is 21.5. The van der Waals surface area contributed by atoms with Gasteiger partial charge in [-0.25, -0.2) is 4.98 Å². The number of aryl methyl sites for hydroxylation is 1. The highest BCUT2D eigenvalue weighted by atomic mass is 32.1. The van der Waals surface area contributed by atoms with Gasteiger partial charge >= 0.3 is 0 Å². The number of piperidine rings is 2. The average Bonchev–Trinajstić information content (AvgIpc) is 2.96. The summed E-state index contributed by atoms with van der Waals surface area (Å²) in [4.78, 5) is 32.5. The number of carbonyl (C=O) groups excluding carboxylic acids is 2. The lowest BCUT2D eigenvalue weighted by Gasteiger charge is -2.47. The number of thiazole rings is 1. The van der Waals surface area contributed by atoms with Crippen molar-refractivity contribution < 1.29 is 9.59 Å². The highest BCUT2D eigenvalue weighted by molar-refractivity contribution is 7.09. The summed E-state index contributed by atoms with van der Waals surface area (Å²) < 4.78 is 0. The summed E-state index contributed by atoms with van der Waals surface area (Å²) in [5.74, 6) is 0.336. The van der Waals surface area contributed by atoms with Gasteiger partial charge in [-0.05, 0) is 38.5 Å². The van der Waals surface area contributed by atoms with E-state index in [0.29, 0.717) is 12.1 Å². The lowest BCUT2D eigenvalue weighted by atomic mass is 9.72. The minimum Gasteiger partial charge on any atom is -0.342 e. The van der Waals surface area contributed by atoms with Crippen molar-refractivity contribution in [1.29, 1.82) is 0 Å². The number of hydrogen-bond acceptors (Lipinski definition) is 4. The molecule has 1 aromatic heterocycles. The lowest BCUT2D eigenvalue weighted by Crippen LogP contribution is -2.52. The molecule has 120 valence electrons. The van der Waals surface area contributed by atoms with Crippen molar-refractivity contribution in [1.82, 2.24) is 14.8 Å². The first kappa shape index (κ1) is 15.5. The summed E-state index contributed by atoms with van der Waals surface area (Å²) in [7, 11) is 0. The van der Waals surface area contributed by atoms with E-state index in [1.54, 1.807) is 0 Å². The van der Waals surface area contributed by atoms with Crippen LogP contribution in [0.3, 0.4) is 0 Å². The molecule has 2 aliphatic heterocycles. The van der Waals surface area contributed by atoms with Crippen molar-refractivity contribution in [3.8, 4) is 0 Å². The van der Waals surface area contributed by atoms with E-state index in [0.717, 1.165) is 50.4 Å². The number of amides is 2. The van der Waals surface area contributed by atoms with Crippen LogP contribution in [0.5, 0.6) is 0 Å². The van der Waals surface area contributed by atoms with E-state index in [9.17, 15) is 9.59 Å². The van der Waals surface area contributed by atoms with Crippen LogP contribution in [0.2, 0.25) is 0 Å². The Morgan fingerprint density at radius 1 is 1.36 bits per heavy atom. The largest absolute Gasteiger partial charge is 0.342 e. The second kappa shape index (κ2) is 5.99. The van der Waals surface area contributed by atoms with Crippen LogP contribution in [0.15, 0.2) is 5.38 Å². The molecule has 3 rings (SSSR count). The Morgan fingerprint density at radius 2 is 2.09 bits per heavy atom. The third-order valence-corrected chi connectivity index (χ3v) is 5.85. The van der Waals surface area contributed by atoms with E-state index in [4.69, 9.17) is 0 Å². The summed E-state index contributed by atoms with van der Waals surface area (Å²) >= 11 is 1.52. The highest BCUT2D eigenvalue weighted by Gasteiger charge is 2.41. The van der Waals surface area contributed by atoms with Crippen molar-refractivity contribution in [2.24, 2.45) is 5.41 Å². The zero-order valence-electron chi connectivity index (χ0n) is 13.3. The number of likely N-dealkylation sites (tertiary alicyclic amines) is 2. The summed E-state index contributed by atoms with van der Waals surface area (Å²) in [6.07, 6.45) is 3.62. The molecule has 0 radical (unpaired) electrons. The molecule has 0 aromatic carbocycles. The molecular formula is C16H23N3O2S. The Bertz CT molecular complexity index is 576. The molecule has 6 heteroatoms. The topological polar surface area (TPSA) is 53.5 Å². The highest BCUT2D eigenvalue weighted by Crippen LogP contribution is 2.40. The maximum atomic E-state index is 12.5.